The molecule has 4 rings (SSSR count). The molecule has 1 aliphatic heterocycles. The van der Waals surface area contributed by atoms with Gasteiger partial charge in [0.2, 0.25) is 0 Å². The zero-order valence-corrected chi connectivity index (χ0v) is 16.7. The highest BCUT2D eigenvalue weighted by Crippen LogP contribution is 2.33. The van der Waals surface area contributed by atoms with E-state index < -0.39 is 0 Å². The molecule has 144 valence electrons. The van der Waals surface area contributed by atoms with Crippen molar-refractivity contribution in [2.45, 2.75) is 51.4 Å². The van der Waals surface area contributed by atoms with Crippen molar-refractivity contribution in [3.8, 4) is 0 Å². The van der Waals surface area contributed by atoms with Crippen LogP contribution in [-0.4, -0.2) is 42.0 Å². The van der Waals surface area contributed by atoms with E-state index in [1.165, 1.54) is 44.1 Å². The molecule has 5 heteroatoms. The number of nitrogens with zero attached hydrogens (tertiary/aromatic N) is 2. The highest BCUT2D eigenvalue weighted by atomic mass is 35.5. The number of nitrogens with one attached hydrogen (secondary N) is 1. The summed E-state index contributed by atoms with van der Waals surface area (Å²) in [4.78, 5) is 19.9. The number of carbonyl (C=O) groups is 1. The Balaban J connectivity index is 1.44. The van der Waals surface area contributed by atoms with Crippen LogP contribution in [0, 0.1) is 0 Å². The Morgan fingerprint density at radius 3 is 2.67 bits per heavy atom. The third kappa shape index (κ3) is 4.27. The summed E-state index contributed by atoms with van der Waals surface area (Å²) >= 11 is 6.63. The van der Waals surface area contributed by atoms with Gasteiger partial charge in [-0.3, -0.25) is 9.78 Å². The first kappa shape index (κ1) is 18.7. The van der Waals surface area contributed by atoms with Crippen molar-refractivity contribution in [2.24, 2.45) is 0 Å². The van der Waals surface area contributed by atoms with Crippen molar-refractivity contribution in [3.05, 3.63) is 40.0 Å². The number of benzene rings is 1. The lowest BCUT2D eigenvalue weighted by atomic mass is 9.94. The highest BCUT2D eigenvalue weighted by molar-refractivity contribution is 6.36. The maximum absolute atomic E-state index is 12.6. The van der Waals surface area contributed by atoms with Crippen molar-refractivity contribution >= 4 is 28.4 Å². The van der Waals surface area contributed by atoms with Crippen molar-refractivity contribution in [1.82, 2.24) is 15.2 Å². The summed E-state index contributed by atoms with van der Waals surface area (Å²) in [6, 6.07) is 5.70. The molecule has 0 bridgehead atoms. The summed E-state index contributed by atoms with van der Waals surface area (Å²) in [6.07, 6.45) is 9.55. The van der Waals surface area contributed by atoms with Crippen LogP contribution in [0.4, 0.5) is 0 Å². The van der Waals surface area contributed by atoms with E-state index in [4.69, 9.17) is 16.6 Å². The molecular formula is C22H28ClN3O. The molecule has 2 aromatic rings. The van der Waals surface area contributed by atoms with Gasteiger partial charge in [0.15, 0.2) is 0 Å². The van der Waals surface area contributed by atoms with Gasteiger partial charge in [0.25, 0.3) is 5.91 Å². The van der Waals surface area contributed by atoms with Crippen LogP contribution in [-0.2, 0) is 12.8 Å². The Hall–Kier alpha value is -1.65. The van der Waals surface area contributed by atoms with Gasteiger partial charge >= 0.3 is 0 Å². The largest absolute Gasteiger partial charge is 0.351 e. The number of halogens is 1. The number of amides is 1. The van der Waals surface area contributed by atoms with Gasteiger partial charge in [-0.25, -0.2) is 0 Å². The molecule has 0 spiro atoms. The number of hydrogen-bond donors (Lipinski definition) is 1. The molecule has 0 saturated carbocycles. The summed E-state index contributed by atoms with van der Waals surface area (Å²) in [5.74, 6) is -0.0256. The van der Waals surface area contributed by atoms with E-state index in [-0.39, 0.29) is 5.91 Å². The third-order valence-corrected chi connectivity index (χ3v) is 6.30. The van der Waals surface area contributed by atoms with Gasteiger partial charge in [0.1, 0.15) is 0 Å². The fourth-order valence-corrected chi connectivity index (χ4v) is 4.66. The second kappa shape index (κ2) is 8.57. The molecule has 0 radical (unpaired) electrons. The number of carbonyl (C=O) groups excluding carboxylic acids is 1. The summed E-state index contributed by atoms with van der Waals surface area (Å²) in [7, 11) is 0. The molecule has 0 atom stereocenters. The van der Waals surface area contributed by atoms with Gasteiger partial charge in [0, 0.05) is 29.7 Å². The second-order valence-corrected chi connectivity index (χ2v) is 8.18. The van der Waals surface area contributed by atoms with Crippen LogP contribution in [0.3, 0.4) is 0 Å². The van der Waals surface area contributed by atoms with E-state index in [1.54, 1.807) is 0 Å². The molecule has 1 fully saturated rings. The summed E-state index contributed by atoms with van der Waals surface area (Å²) in [5.41, 5.74) is 3.81. The molecule has 1 aromatic heterocycles. The monoisotopic (exact) mass is 385 g/mol. The Morgan fingerprint density at radius 2 is 1.85 bits per heavy atom. The quantitative estimate of drug-likeness (QED) is 0.849. The number of aromatic nitrogens is 1. The molecule has 4 nitrogen and oxygen atoms in total. The van der Waals surface area contributed by atoms with Crippen LogP contribution < -0.4 is 5.32 Å². The van der Waals surface area contributed by atoms with Crippen molar-refractivity contribution in [3.63, 3.8) is 0 Å². The van der Waals surface area contributed by atoms with Crippen LogP contribution in [0.25, 0.3) is 10.9 Å². The first-order valence-corrected chi connectivity index (χ1v) is 10.7. The number of likely N-dealkylation sites (tertiary alicyclic amines) is 1. The lowest BCUT2D eigenvalue weighted by molar-refractivity contribution is 0.0948. The van der Waals surface area contributed by atoms with Crippen molar-refractivity contribution in [2.75, 3.05) is 26.2 Å². The van der Waals surface area contributed by atoms with Crippen molar-refractivity contribution < 1.29 is 4.79 Å². The first-order chi connectivity index (χ1) is 13.2. The molecule has 2 aliphatic rings. The molecule has 2 heterocycles. The van der Waals surface area contributed by atoms with Crippen LogP contribution >= 0.6 is 11.6 Å². The number of fused-ring (bicyclic) bond motifs is 2. The van der Waals surface area contributed by atoms with Crippen LogP contribution in [0.5, 0.6) is 0 Å². The minimum atomic E-state index is -0.0256. The Bertz CT molecular complexity index is 828. The normalized spacial score (nSPS) is 18.1. The fourth-order valence-electron chi connectivity index (χ4n) is 4.30. The lowest BCUT2D eigenvalue weighted by Crippen LogP contribution is -2.35. The van der Waals surface area contributed by atoms with Crippen LogP contribution in [0.15, 0.2) is 18.2 Å². The Kier molecular flexibility index (Phi) is 5.94. The number of rotatable bonds is 4. The third-order valence-electron chi connectivity index (χ3n) is 5.87. The minimum absolute atomic E-state index is 0.0256. The zero-order valence-electron chi connectivity index (χ0n) is 15.9. The SMILES string of the molecule is O=C(NCCN1CCCCCC1)c1ccc2c(Cl)c3c(nc2c1)CCCC3. The molecular weight excluding hydrogens is 358 g/mol. The predicted octanol–water partition coefficient (Wildman–Crippen LogP) is 4.37. The Labute approximate surface area is 166 Å². The average Bonchev–Trinajstić information content (AvgIpc) is 2.96. The molecule has 1 aliphatic carbocycles. The number of hydrogen-bond acceptors (Lipinski definition) is 3. The van der Waals surface area contributed by atoms with E-state index >= 15 is 0 Å². The number of pyridine rings is 1. The topological polar surface area (TPSA) is 45.2 Å². The fraction of sp³-hybridized carbons (Fsp3) is 0.545. The van der Waals surface area contributed by atoms with E-state index in [2.05, 4.69) is 10.2 Å². The molecule has 1 N–H and O–H groups in total. The molecule has 1 saturated heterocycles. The molecule has 1 aromatic carbocycles. The predicted molar refractivity (Wildman–Crippen MR) is 111 cm³/mol. The van der Waals surface area contributed by atoms with Gasteiger partial charge in [-0.1, -0.05) is 30.5 Å². The second-order valence-electron chi connectivity index (χ2n) is 7.80. The van der Waals surface area contributed by atoms with Gasteiger partial charge in [-0.15, -0.1) is 0 Å². The van der Waals surface area contributed by atoms with Crippen LogP contribution in [0.2, 0.25) is 5.02 Å². The van der Waals surface area contributed by atoms with Crippen molar-refractivity contribution in [1.29, 1.82) is 0 Å². The van der Waals surface area contributed by atoms with Gasteiger partial charge < -0.3 is 10.2 Å². The molecule has 0 unspecified atom stereocenters. The highest BCUT2D eigenvalue weighted by Gasteiger charge is 2.18. The van der Waals surface area contributed by atoms with Crippen LogP contribution in [0.1, 0.15) is 60.1 Å². The maximum Gasteiger partial charge on any atom is 0.251 e. The Morgan fingerprint density at radius 1 is 1.07 bits per heavy atom. The summed E-state index contributed by atoms with van der Waals surface area (Å²) in [5, 5.41) is 4.85. The summed E-state index contributed by atoms with van der Waals surface area (Å²) < 4.78 is 0. The first-order valence-electron chi connectivity index (χ1n) is 10.3. The van der Waals surface area contributed by atoms with E-state index in [1.807, 2.05) is 18.2 Å². The van der Waals surface area contributed by atoms with Gasteiger partial charge in [-0.05, 0) is 69.3 Å². The standard InChI is InChI=1S/C22H28ClN3O/c23-21-17-7-3-4-8-19(17)25-20-15-16(9-10-18(20)21)22(27)24-11-14-26-12-5-1-2-6-13-26/h9-10,15H,1-8,11-14H2,(H,24,27). The molecule has 1 amide bonds. The maximum atomic E-state index is 12.6. The number of aryl methyl sites for hydroxylation is 1. The molecule has 27 heavy (non-hydrogen) atoms. The summed E-state index contributed by atoms with van der Waals surface area (Å²) in [6.45, 7) is 3.92. The zero-order chi connectivity index (χ0) is 18.6. The average molecular weight is 386 g/mol. The van der Waals surface area contributed by atoms with Gasteiger partial charge in [-0.2, -0.15) is 0 Å². The van der Waals surface area contributed by atoms with E-state index in [0.717, 1.165) is 54.1 Å². The van der Waals surface area contributed by atoms with E-state index in [9.17, 15) is 4.79 Å². The van der Waals surface area contributed by atoms with E-state index in [0.29, 0.717) is 12.1 Å². The van der Waals surface area contributed by atoms with Gasteiger partial charge in [0.05, 0.1) is 10.5 Å². The minimum Gasteiger partial charge on any atom is -0.351 e. The smallest absolute Gasteiger partial charge is 0.251 e. The lowest BCUT2D eigenvalue weighted by Gasteiger charge is -2.20.